The first-order chi connectivity index (χ1) is 5.70. The smallest absolute Gasteiger partial charge is 0.220 e. The van der Waals surface area contributed by atoms with Gasteiger partial charge in [0.15, 0.2) is 0 Å². The average molecular weight is 174 g/mol. The van der Waals surface area contributed by atoms with E-state index in [9.17, 15) is 4.79 Å². The molecule has 0 rings (SSSR count). The van der Waals surface area contributed by atoms with E-state index in [4.69, 9.17) is 5.11 Å². The van der Waals surface area contributed by atoms with E-state index in [1.54, 1.807) is 6.92 Å². The van der Waals surface area contributed by atoms with Gasteiger partial charge in [-0.1, -0.05) is 0 Å². The number of rotatable bonds is 6. The summed E-state index contributed by atoms with van der Waals surface area (Å²) >= 11 is 0. The molecule has 3 N–H and O–H groups in total. The molecule has 0 radical (unpaired) electrons. The molecule has 0 fully saturated rings. The van der Waals surface area contributed by atoms with E-state index < -0.39 is 0 Å². The lowest BCUT2D eigenvalue weighted by molar-refractivity contribution is -0.122. The zero-order valence-electron chi connectivity index (χ0n) is 7.76. The molecule has 0 saturated carbocycles. The van der Waals surface area contributed by atoms with Gasteiger partial charge in [0, 0.05) is 12.5 Å². The van der Waals surface area contributed by atoms with Crippen LogP contribution in [-0.2, 0) is 4.79 Å². The molecule has 0 bridgehead atoms. The molecule has 12 heavy (non-hydrogen) atoms. The Morgan fingerprint density at radius 2 is 2.25 bits per heavy atom. The van der Waals surface area contributed by atoms with Crippen LogP contribution in [0.3, 0.4) is 0 Å². The second kappa shape index (κ2) is 7.06. The van der Waals surface area contributed by atoms with Crippen molar-refractivity contribution in [3.8, 4) is 0 Å². The van der Waals surface area contributed by atoms with Crippen LogP contribution >= 0.6 is 0 Å². The van der Waals surface area contributed by atoms with Crippen LogP contribution in [0.4, 0.5) is 0 Å². The van der Waals surface area contributed by atoms with Gasteiger partial charge in [0.25, 0.3) is 0 Å². The van der Waals surface area contributed by atoms with Gasteiger partial charge in [-0.25, -0.2) is 0 Å². The van der Waals surface area contributed by atoms with E-state index in [0.29, 0.717) is 6.42 Å². The normalized spacial score (nSPS) is 12.6. The Morgan fingerprint density at radius 3 is 2.75 bits per heavy atom. The first kappa shape index (κ1) is 11.4. The molecule has 1 amide bonds. The van der Waals surface area contributed by atoms with Crippen LogP contribution < -0.4 is 10.6 Å². The molecule has 0 unspecified atom stereocenters. The fourth-order valence-electron chi connectivity index (χ4n) is 0.818. The molecule has 0 heterocycles. The third kappa shape index (κ3) is 6.12. The lowest BCUT2D eigenvalue weighted by Crippen LogP contribution is -2.35. The lowest BCUT2D eigenvalue weighted by Gasteiger charge is -2.09. The van der Waals surface area contributed by atoms with Gasteiger partial charge in [-0.15, -0.1) is 0 Å². The topological polar surface area (TPSA) is 61.4 Å². The second-order valence-corrected chi connectivity index (χ2v) is 2.86. The van der Waals surface area contributed by atoms with Gasteiger partial charge in [-0.05, 0) is 26.9 Å². The van der Waals surface area contributed by atoms with Crippen LogP contribution in [0.2, 0.25) is 0 Å². The third-order valence-corrected chi connectivity index (χ3v) is 1.51. The number of hydrogen-bond acceptors (Lipinski definition) is 3. The lowest BCUT2D eigenvalue weighted by atomic mass is 10.2. The number of nitrogens with one attached hydrogen (secondary N) is 2. The Kier molecular flexibility index (Phi) is 6.70. The summed E-state index contributed by atoms with van der Waals surface area (Å²) in [4.78, 5) is 11.0. The summed E-state index contributed by atoms with van der Waals surface area (Å²) in [5.41, 5.74) is 0. The van der Waals surface area contributed by atoms with Crippen LogP contribution in [0, 0.1) is 0 Å². The fraction of sp³-hybridized carbons (Fsp3) is 0.875. The molecule has 0 aromatic heterocycles. The second-order valence-electron chi connectivity index (χ2n) is 2.86. The van der Waals surface area contributed by atoms with E-state index in [1.165, 1.54) is 0 Å². The number of hydrogen-bond donors (Lipinski definition) is 3. The Balaban J connectivity index is 3.33. The van der Waals surface area contributed by atoms with Crippen molar-refractivity contribution < 1.29 is 9.90 Å². The molecule has 0 aliphatic rings. The molecule has 0 saturated heterocycles. The monoisotopic (exact) mass is 174 g/mol. The highest BCUT2D eigenvalue weighted by atomic mass is 16.3. The summed E-state index contributed by atoms with van der Waals surface area (Å²) in [6.07, 6.45) is 1.35. The number of amides is 1. The molecule has 0 aromatic rings. The molecule has 1 atom stereocenters. The first-order valence-corrected chi connectivity index (χ1v) is 4.25. The fourth-order valence-corrected chi connectivity index (χ4v) is 0.818. The van der Waals surface area contributed by atoms with Crippen LogP contribution in [0.5, 0.6) is 0 Å². The van der Waals surface area contributed by atoms with Crippen LogP contribution in [0.1, 0.15) is 19.8 Å². The van der Waals surface area contributed by atoms with E-state index in [0.717, 1.165) is 13.0 Å². The Hall–Kier alpha value is -0.610. The van der Waals surface area contributed by atoms with Crippen molar-refractivity contribution in [2.45, 2.75) is 25.8 Å². The van der Waals surface area contributed by atoms with Gasteiger partial charge in [0.1, 0.15) is 0 Å². The zero-order valence-corrected chi connectivity index (χ0v) is 7.76. The highest BCUT2D eigenvalue weighted by Gasteiger charge is 2.04. The van der Waals surface area contributed by atoms with E-state index >= 15 is 0 Å². The number of carbonyl (C=O) groups is 1. The number of aliphatic hydroxyl groups is 1. The molecule has 4 heteroatoms. The van der Waals surface area contributed by atoms with E-state index in [-0.39, 0.29) is 18.6 Å². The van der Waals surface area contributed by atoms with Gasteiger partial charge >= 0.3 is 0 Å². The van der Waals surface area contributed by atoms with Crippen molar-refractivity contribution in [2.24, 2.45) is 0 Å². The standard InChI is InChI=1S/C8H18N2O2/c1-7(6-11)10-8(12)4-3-5-9-2/h7,9,11H,3-6H2,1-2H3,(H,10,12)/t7-/m0/s1. The van der Waals surface area contributed by atoms with Crippen molar-refractivity contribution in [1.29, 1.82) is 0 Å². The minimum absolute atomic E-state index is 0.00221. The van der Waals surface area contributed by atoms with Crippen LogP contribution in [-0.4, -0.2) is 37.3 Å². The maximum Gasteiger partial charge on any atom is 0.220 e. The molecule has 0 aliphatic carbocycles. The van der Waals surface area contributed by atoms with Gasteiger partial charge in [-0.3, -0.25) is 4.79 Å². The molecular formula is C8H18N2O2. The highest BCUT2D eigenvalue weighted by molar-refractivity contribution is 5.76. The van der Waals surface area contributed by atoms with Gasteiger partial charge in [0.05, 0.1) is 6.61 Å². The summed E-state index contributed by atoms with van der Waals surface area (Å²) in [6, 6.07) is -0.132. The number of aliphatic hydroxyl groups excluding tert-OH is 1. The predicted molar refractivity (Wildman–Crippen MR) is 47.9 cm³/mol. The predicted octanol–water partition coefficient (Wildman–Crippen LogP) is -0.517. The first-order valence-electron chi connectivity index (χ1n) is 4.25. The SMILES string of the molecule is CNCCCC(=O)N[C@@H](C)CO. The summed E-state index contributed by atoms with van der Waals surface area (Å²) in [6.45, 7) is 2.62. The maximum atomic E-state index is 11.0. The van der Waals surface area contributed by atoms with Crippen molar-refractivity contribution in [1.82, 2.24) is 10.6 Å². The summed E-state index contributed by atoms with van der Waals surface area (Å²) in [5, 5.41) is 14.3. The van der Waals surface area contributed by atoms with Crippen LogP contribution in [0.25, 0.3) is 0 Å². The van der Waals surface area contributed by atoms with E-state index in [1.807, 2.05) is 7.05 Å². The summed E-state index contributed by atoms with van der Waals surface area (Å²) in [7, 11) is 1.86. The van der Waals surface area contributed by atoms with Crippen LogP contribution in [0.15, 0.2) is 0 Å². The Labute approximate surface area is 73.3 Å². The highest BCUT2D eigenvalue weighted by Crippen LogP contribution is 1.88. The summed E-state index contributed by atoms with van der Waals surface area (Å²) in [5.74, 6) is 0.00630. The van der Waals surface area contributed by atoms with Crippen molar-refractivity contribution in [2.75, 3.05) is 20.2 Å². The van der Waals surface area contributed by atoms with Gasteiger partial charge in [0.2, 0.25) is 5.91 Å². The molecule has 0 aromatic carbocycles. The quantitative estimate of drug-likeness (QED) is 0.475. The van der Waals surface area contributed by atoms with Crippen molar-refractivity contribution in [3.63, 3.8) is 0 Å². The molecule has 0 aliphatic heterocycles. The van der Waals surface area contributed by atoms with Crippen molar-refractivity contribution >= 4 is 5.91 Å². The molecular weight excluding hydrogens is 156 g/mol. The molecule has 4 nitrogen and oxygen atoms in total. The minimum atomic E-state index is -0.132. The Morgan fingerprint density at radius 1 is 1.58 bits per heavy atom. The molecule has 72 valence electrons. The maximum absolute atomic E-state index is 11.0. The Bertz CT molecular complexity index is 128. The number of carbonyl (C=O) groups excluding carboxylic acids is 1. The largest absolute Gasteiger partial charge is 0.394 e. The van der Waals surface area contributed by atoms with Gasteiger partial charge < -0.3 is 15.7 Å². The third-order valence-electron chi connectivity index (χ3n) is 1.51. The van der Waals surface area contributed by atoms with E-state index in [2.05, 4.69) is 10.6 Å². The average Bonchev–Trinajstić information content (AvgIpc) is 2.05. The zero-order chi connectivity index (χ0) is 9.40. The molecule has 0 spiro atoms. The minimum Gasteiger partial charge on any atom is -0.394 e. The van der Waals surface area contributed by atoms with Gasteiger partial charge in [-0.2, -0.15) is 0 Å². The van der Waals surface area contributed by atoms with Crippen molar-refractivity contribution in [3.05, 3.63) is 0 Å². The summed E-state index contributed by atoms with van der Waals surface area (Å²) < 4.78 is 0.